The molecule has 0 fully saturated rings. The van der Waals surface area contributed by atoms with Gasteiger partial charge in [0.15, 0.2) is 0 Å². The Balaban J connectivity index is 2.11. The Morgan fingerprint density at radius 1 is 1.00 bits per heavy atom. The number of amides is 2. The van der Waals surface area contributed by atoms with Gasteiger partial charge in [-0.2, -0.15) is 0 Å². The molecular weight excluding hydrogens is 372 g/mol. The molecule has 2 rings (SSSR count). The van der Waals surface area contributed by atoms with Crippen molar-refractivity contribution in [1.29, 1.82) is 0 Å². The summed E-state index contributed by atoms with van der Waals surface area (Å²) in [7, 11) is 0. The zero-order valence-corrected chi connectivity index (χ0v) is 17.6. The molecule has 0 unspecified atom stereocenters. The smallest absolute Gasteiger partial charge is 0.242 e. The van der Waals surface area contributed by atoms with Gasteiger partial charge in [-0.3, -0.25) is 9.59 Å². The highest BCUT2D eigenvalue weighted by Gasteiger charge is 2.26. The summed E-state index contributed by atoms with van der Waals surface area (Å²) in [5.74, 6) is 0.172. The minimum absolute atomic E-state index is 0.0453. The molecule has 5 heteroatoms. The maximum Gasteiger partial charge on any atom is 0.242 e. The van der Waals surface area contributed by atoms with E-state index < -0.39 is 6.04 Å². The lowest BCUT2D eigenvalue weighted by atomic mass is 10.1. The van der Waals surface area contributed by atoms with Crippen LogP contribution in [0.15, 0.2) is 54.6 Å². The number of hydrogen-bond acceptors (Lipinski definition) is 2. The van der Waals surface area contributed by atoms with Crippen LogP contribution in [0, 0.1) is 5.92 Å². The van der Waals surface area contributed by atoms with E-state index in [4.69, 9.17) is 11.6 Å². The number of halogens is 1. The molecule has 2 aromatic carbocycles. The fourth-order valence-corrected chi connectivity index (χ4v) is 3.12. The lowest BCUT2D eigenvalue weighted by Crippen LogP contribution is -2.48. The standard InChI is InChI=1S/C23H29ClN2O2/c1-17(2)15-25-23(28)18(3)26(16-20-10-7-11-21(24)14-20)22(27)13-12-19-8-5-4-6-9-19/h4-11,14,17-18H,12-13,15-16H2,1-3H3,(H,25,28)/t18-/m0/s1. The molecule has 0 spiro atoms. The van der Waals surface area contributed by atoms with E-state index in [-0.39, 0.29) is 11.8 Å². The fraction of sp³-hybridized carbons (Fsp3) is 0.391. The second-order valence-corrected chi connectivity index (χ2v) is 7.89. The average Bonchev–Trinajstić information content (AvgIpc) is 2.68. The average molecular weight is 401 g/mol. The Kier molecular flexibility index (Phi) is 8.52. The Bertz CT molecular complexity index is 777. The zero-order chi connectivity index (χ0) is 20.5. The number of nitrogens with one attached hydrogen (secondary N) is 1. The van der Waals surface area contributed by atoms with E-state index in [1.807, 2.05) is 62.4 Å². The van der Waals surface area contributed by atoms with Gasteiger partial charge in [0.2, 0.25) is 11.8 Å². The van der Waals surface area contributed by atoms with E-state index in [0.717, 1.165) is 11.1 Å². The number of nitrogens with zero attached hydrogens (tertiary/aromatic N) is 1. The molecule has 2 amide bonds. The van der Waals surface area contributed by atoms with Crippen LogP contribution in [0.2, 0.25) is 5.02 Å². The van der Waals surface area contributed by atoms with E-state index in [1.54, 1.807) is 17.9 Å². The maximum absolute atomic E-state index is 13.0. The van der Waals surface area contributed by atoms with Crippen LogP contribution in [-0.4, -0.2) is 29.3 Å². The van der Waals surface area contributed by atoms with Crippen molar-refractivity contribution in [2.24, 2.45) is 5.92 Å². The van der Waals surface area contributed by atoms with Crippen molar-refractivity contribution in [3.8, 4) is 0 Å². The summed E-state index contributed by atoms with van der Waals surface area (Å²) < 4.78 is 0. The van der Waals surface area contributed by atoms with Gasteiger partial charge in [-0.25, -0.2) is 0 Å². The molecule has 0 saturated carbocycles. The predicted octanol–water partition coefficient (Wildman–Crippen LogP) is 4.46. The first kappa shape index (κ1) is 22.0. The molecular formula is C23H29ClN2O2. The highest BCUT2D eigenvalue weighted by atomic mass is 35.5. The Morgan fingerprint density at radius 3 is 2.32 bits per heavy atom. The number of hydrogen-bond donors (Lipinski definition) is 1. The summed E-state index contributed by atoms with van der Waals surface area (Å²) in [5.41, 5.74) is 2.01. The molecule has 0 aromatic heterocycles. The molecule has 2 aromatic rings. The molecule has 0 aliphatic heterocycles. The van der Waals surface area contributed by atoms with Crippen LogP contribution in [0.4, 0.5) is 0 Å². The first-order chi connectivity index (χ1) is 13.4. The van der Waals surface area contributed by atoms with Crippen molar-refractivity contribution >= 4 is 23.4 Å². The first-order valence-electron chi connectivity index (χ1n) is 9.72. The summed E-state index contributed by atoms with van der Waals surface area (Å²) >= 11 is 6.09. The van der Waals surface area contributed by atoms with E-state index in [0.29, 0.717) is 36.9 Å². The second kappa shape index (κ2) is 10.9. The highest BCUT2D eigenvalue weighted by Crippen LogP contribution is 2.16. The van der Waals surface area contributed by atoms with Gasteiger partial charge in [0.05, 0.1) is 0 Å². The van der Waals surface area contributed by atoms with Crippen molar-refractivity contribution in [2.75, 3.05) is 6.54 Å². The molecule has 0 radical (unpaired) electrons. The first-order valence-corrected chi connectivity index (χ1v) is 10.1. The van der Waals surface area contributed by atoms with Gasteiger partial charge < -0.3 is 10.2 Å². The fourth-order valence-electron chi connectivity index (χ4n) is 2.91. The summed E-state index contributed by atoms with van der Waals surface area (Å²) in [6.45, 7) is 6.80. The quantitative estimate of drug-likeness (QED) is 0.675. The van der Waals surface area contributed by atoms with Gasteiger partial charge in [-0.15, -0.1) is 0 Å². The predicted molar refractivity (Wildman–Crippen MR) is 114 cm³/mol. The van der Waals surface area contributed by atoms with Gasteiger partial charge in [-0.1, -0.05) is 67.9 Å². The largest absolute Gasteiger partial charge is 0.354 e. The van der Waals surface area contributed by atoms with E-state index in [1.165, 1.54) is 0 Å². The van der Waals surface area contributed by atoms with Crippen LogP contribution < -0.4 is 5.32 Å². The highest BCUT2D eigenvalue weighted by molar-refractivity contribution is 6.30. The van der Waals surface area contributed by atoms with Crippen molar-refractivity contribution in [2.45, 2.75) is 46.2 Å². The van der Waals surface area contributed by atoms with Crippen LogP contribution in [0.1, 0.15) is 38.3 Å². The van der Waals surface area contributed by atoms with E-state index >= 15 is 0 Å². The van der Waals surface area contributed by atoms with Crippen molar-refractivity contribution < 1.29 is 9.59 Å². The zero-order valence-electron chi connectivity index (χ0n) is 16.8. The SMILES string of the molecule is CC(C)CNC(=O)[C@H](C)N(Cc1cccc(Cl)c1)C(=O)CCc1ccccc1. The van der Waals surface area contributed by atoms with Crippen molar-refractivity contribution in [3.05, 3.63) is 70.7 Å². The molecule has 0 saturated heterocycles. The number of carbonyl (C=O) groups is 2. The molecule has 0 aliphatic rings. The monoisotopic (exact) mass is 400 g/mol. The van der Waals surface area contributed by atoms with Crippen LogP contribution in [-0.2, 0) is 22.6 Å². The van der Waals surface area contributed by atoms with E-state index in [9.17, 15) is 9.59 Å². The summed E-state index contributed by atoms with van der Waals surface area (Å²) in [5, 5.41) is 3.55. The molecule has 0 heterocycles. The lowest BCUT2D eigenvalue weighted by molar-refractivity contribution is -0.140. The molecule has 28 heavy (non-hydrogen) atoms. The van der Waals surface area contributed by atoms with Crippen LogP contribution in [0.3, 0.4) is 0 Å². The third-order valence-corrected chi connectivity index (χ3v) is 4.80. The number of aryl methyl sites for hydroxylation is 1. The molecule has 150 valence electrons. The minimum atomic E-state index is -0.555. The third-order valence-electron chi connectivity index (χ3n) is 4.56. The number of benzene rings is 2. The molecule has 1 atom stereocenters. The van der Waals surface area contributed by atoms with Crippen LogP contribution in [0.25, 0.3) is 0 Å². The molecule has 4 nitrogen and oxygen atoms in total. The second-order valence-electron chi connectivity index (χ2n) is 7.45. The van der Waals surface area contributed by atoms with Gasteiger partial charge >= 0.3 is 0 Å². The molecule has 0 aliphatic carbocycles. The topological polar surface area (TPSA) is 49.4 Å². The normalized spacial score (nSPS) is 11.9. The van der Waals surface area contributed by atoms with Gasteiger partial charge in [0.1, 0.15) is 6.04 Å². The van der Waals surface area contributed by atoms with Crippen molar-refractivity contribution in [1.82, 2.24) is 10.2 Å². The van der Waals surface area contributed by atoms with Gasteiger partial charge in [-0.05, 0) is 42.5 Å². The van der Waals surface area contributed by atoms with Crippen LogP contribution in [0.5, 0.6) is 0 Å². The third kappa shape index (κ3) is 7.01. The van der Waals surface area contributed by atoms with Crippen LogP contribution >= 0.6 is 11.6 Å². The van der Waals surface area contributed by atoms with Gasteiger partial charge in [0.25, 0.3) is 0 Å². The Hall–Kier alpha value is -2.33. The minimum Gasteiger partial charge on any atom is -0.354 e. The summed E-state index contributed by atoms with van der Waals surface area (Å²) in [6, 6.07) is 16.7. The van der Waals surface area contributed by atoms with Crippen molar-refractivity contribution in [3.63, 3.8) is 0 Å². The Morgan fingerprint density at radius 2 is 1.68 bits per heavy atom. The Labute approximate surface area is 172 Å². The lowest BCUT2D eigenvalue weighted by Gasteiger charge is -2.29. The van der Waals surface area contributed by atoms with Gasteiger partial charge in [0, 0.05) is 24.5 Å². The molecule has 0 bridgehead atoms. The summed E-state index contributed by atoms with van der Waals surface area (Å²) in [6.07, 6.45) is 0.998. The maximum atomic E-state index is 13.0. The summed E-state index contributed by atoms with van der Waals surface area (Å²) in [4.78, 5) is 27.2. The number of carbonyl (C=O) groups excluding carboxylic acids is 2. The molecule has 1 N–H and O–H groups in total. The van der Waals surface area contributed by atoms with E-state index in [2.05, 4.69) is 5.32 Å². The number of rotatable bonds is 9.